The molecule has 0 bridgehead atoms. The summed E-state index contributed by atoms with van der Waals surface area (Å²) < 4.78 is 0.659. The molecule has 5 nitrogen and oxygen atoms in total. The van der Waals surface area contributed by atoms with Crippen molar-refractivity contribution in [3.05, 3.63) is 28.2 Å². The minimum Gasteiger partial charge on any atom is -0.478 e. The molecule has 0 aliphatic heterocycles. The van der Waals surface area contributed by atoms with Crippen molar-refractivity contribution in [1.82, 2.24) is 4.90 Å². The Hall–Kier alpha value is -1.40. The van der Waals surface area contributed by atoms with Gasteiger partial charge in [0.2, 0.25) is 5.91 Å². The fourth-order valence-electron chi connectivity index (χ4n) is 1.34. The molecule has 0 aromatic heterocycles. The van der Waals surface area contributed by atoms with Crippen molar-refractivity contribution >= 4 is 33.5 Å². The van der Waals surface area contributed by atoms with E-state index in [1.807, 2.05) is 19.0 Å². The molecule has 1 rings (SSSR count). The van der Waals surface area contributed by atoms with E-state index in [4.69, 9.17) is 5.11 Å². The fourth-order valence-corrected chi connectivity index (χ4v) is 1.70. The summed E-state index contributed by atoms with van der Waals surface area (Å²) in [5, 5.41) is 11.6. The average molecular weight is 315 g/mol. The number of carboxylic acid groups (broad SMARTS) is 1. The Morgan fingerprint density at radius 3 is 2.61 bits per heavy atom. The first-order valence-corrected chi connectivity index (χ1v) is 6.17. The van der Waals surface area contributed by atoms with Crippen LogP contribution < -0.4 is 5.32 Å². The molecule has 0 unspecified atom stereocenters. The molecule has 0 aliphatic carbocycles. The Kier molecular flexibility index (Phi) is 5.30. The van der Waals surface area contributed by atoms with Crippen molar-refractivity contribution in [2.75, 3.05) is 26.0 Å². The summed E-state index contributed by atoms with van der Waals surface area (Å²) in [4.78, 5) is 24.6. The number of carboxylic acids is 1. The number of nitrogens with one attached hydrogen (secondary N) is 1. The van der Waals surface area contributed by atoms with Crippen LogP contribution in [0.1, 0.15) is 16.8 Å². The smallest absolute Gasteiger partial charge is 0.337 e. The van der Waals surface area contributed by atoms with Crippen LogP contribution in [0.5, 0.6) is 0 Å². The fraction of sp³-hybridized carbons (Fsp3) is 0.333. The normalized spacial score (nSPS) is 10.4. The lowest BCUT2D eigenvalue weighted by Crippen LogP contribution is -2.21. The van der Waals surface area contributed by atoms with Crippen LogP contribution >= 0.6 is 15.9 Å². The van der Waals surface area contributed by atoms with Gasteiger partial charge in [-0.1, -0.05) is 15.9 Å². The molecule has 0 atom stereocenters. The third kappa shape index (κ3) is 4.46. The number of amides is 1. The Balaban J connectivity index is 2.78. The second-order valence-electron chi connectivity index (χ2n) is 4.10. The van der Waals surface area contributed by atoms with Gasteiger partial charge in [-0.2, -0.15) is 0 Å². The van der Waals surface area contributed by atoms with E-state index in [2.05, 4.69) is 21.2 Å². The Labute approximate surface area is 114 Å². The molecule has 0 saturated heterocycles. The van der Waals surface area contributed by atoms with Gasteiger partial charge >= 0.3 is 5.97 Å². The van der Waals surface area contributed by atoms with E-state index < -0.39 is 5.97 Å². The van der Waals surface area contributed by atoms with Crippen molar-refractivity contribution in [2.24, 2.45) is 0 Å². The molecule has 98 valence electrons. The standard InChI is InChI=1S/C12H15BrN2O3/c1-15(2)6-5-11(16)14-10-4-3-8(13)7-9(10)12(17)18/h3-4,7H,5-6H2,1-2H3,(H,14,16)(H,17,18). The molecular formula is C12H15BrN2O3. The van der Waals surface area contributed by atoms with Crippen molar-refractivity contribution in [1.29, 1.82) is 0 Å². The third-order valence-electron chi connectivity index (χ3n) is 2.27. The highest BCUT2D eigenvalue weighted by molar-refractivity contribution is 9.10. The number of rotatable bonds is 5. The number of nitrogens with zero attached hydrogens (tertiary/aromatic N) is 1. The summed E-state index contributed by atoms with van der Waals surface area (Å²) in [6.07, 6.45) is 0.322. The highest BCUT2D eigenvalue weighted by Crippen LogP contribution is 2.21. The van der Waals surface area contributed by atoms with E-state index in [-0.39, 0.29) is 11.5 Å². The predicted molar refractivity (Wildman–Crippen MR) is 72.9 cm³/mol. The van der Waals surface area contributed by atoms with E-state index >= 15 is 0 Å². The molecule has 1 aromatic rings. The van der Waals surface area contributed by atoms with Gasteiger partial charge in [-0.05, 0) is 32.3 Å². The third-order valence-corrected chi connectivity index (χ3v) is 2.77. The van der Waals surface area contributed by atoms with Gasteiger partial charge in [-0.25, -0.2) is 4.79 Å². The average Bonchev–Trinajstić information content (AvgIpc) is 2.28. The Morgan fingerprint density at radius 1 is 1.39 bits per heavy atom. The van der Waals surface area contributed by atoms with Gasteiger partial charge < -0.3 is 15.3 Å². The zero-order valence-electron chi connectivity index (χ0n) is 10.2. The topological polar surface area (TPSA) is 69.6 Å². The first-order valence-electron chi connectivity index (χ1n) is 5.37. The van der Waals surface area contributed by atoms with Gasteiger partial charge in [0, 0.05) is 17.4 Å². The first kappa shape index (κ1) is 14.7. The lowest BCUT2D eigenvalue weighted by atomic mass is 10.1. The number of anilines is 1. The highest BCUT2D eigenvalue weighted by Gasteiger charge is 2.12. The maximum Gasteiger partial charge on any atom is 0.337 e. The van der Waals surface area contributed by atoms with Crippen molar-refractivity contribution < 1.29 is 14.7 Å². The number of carbonyl (C=O) groups excluding carboxylic acids is 1. The molecule has 0 fully saturated rings. The Bertz CT molecular complexity index is 461. The molecule has 2 N–H and O–H groups in total. The van der Waals surface area contributed by atoms with Gasteiger partial charge in [0.15, 0.2) is 0 Å². The summed E-state index contributed by atoms with van der Waals surface area (Å²) in [6, 6.07) is 4.72. The SMILES string of the molecule is CN(C)CCC(=O)Nc1ccc(Br)cc1C(=O)O. The van der Waals surface area contributed by atoms with E-state index in [0.717, 1.165) is 0 Å². The van der Waals surface area contributed by atoms with E-state index in [9.17, 15) is 9.59 Å². The lowest BCUT2D eigenvalue weighted by Gasteiger charge is -2.11. The number of carbonyl (C=O) groups is 2. The number of hydrogen-bond acceptors (Lipinski definition) is 3. The van der Waals surface area contributed by atoms with Crippen molar-refractivity contribution in [3.63, 3.8) is 0 Å². The molecule has 0 saturated carbocycles. The summed E-state index contributed by atoms with van der Waals surface area (Å²) in [7, 11) is 3.74. The predicted octanol–water partition coefficient (Wildman–Crippen LogP) is 2.04. The summed E-state index contributed by atoms with van der Waals surface area (Å²) in [5.74, 6) is -1.27. The largest absolute Gasteiger partial charge is 0.478 e. The second kappa shape index (κ2) is 6.51. The van der Waals surface area contributed by atoms with Gasteiger partial charge in [-0.3, -0.25) is 4.79 Å². The number of halogens is 1. The van der Waals surface area contributed by atoms with Gasteiger partial charge in [-0.15, -0.1) is 0 Å². The van der Waals surface area contributed by atoms with Crippen molar-refractivity contribution in [3.8, 4) is 0 Å². The molecule has 1 amide bonds. The first-order chi connectivity index (χ1) is 8.40. The van der Waals surface area contributed by atoms with Gasteiger partial charge in [0.25, 0.3) is 0 Å². The van der Waals surface area contributed by atoms with Crippen LogP contribution in [-0.2, 0) is 4.79 Å². The van der Waals surface area contributed by atoms with Crippen LogP contribution in [0.3, 0.4) is 0 Å². The zero-order valence-corrected chi connectivity index (χ0v) is 11.8. The van der Waals surface area contributed by atoms with Crippen molar-refractivity contribution in [2.45, 2.75) is 6.42 Å². The van der Waals surface area contributed by atoms with Crippen LogP contribution in [0.4, 0.5) is 5.69 Å². The minimum atomic E-state index is -1.07. The van der Waals surface area contributed by atoms with E-state index in [1.165, 1.54) is 6.07 Å². The number of hydrogen-bond donors (Lipinski definition) is 2. The van der Waals surface area contributed by atoms with Gasteiger partial charge in [0.05, 0.1) is 11.3 Å². The monoisotopic (exact) mass is 314 g/mol. The van der Waals surface area contributed by atoms with Crippen LogP contribution in [-0.4, -0.2) is 42.5 Å². The molecule has 18 heavy (non-hydrogen) atoms. The number of benzene rings is 1. The molecular weight excluding hydrogens is 300 g/mol. The maximum atomic E-state index is 11.6. The molecule has 0 spiro atoms. The zero-order chi connectivity index (χ0) is 13.7. The second-order valence-corrected chi connectivity index (χ2v) is 5.01. The van der Waals surface area contributed by atoms with Crippen LogP contribution in [0.2, 0.25) is 0 Å². The highest BCUT2D eigenvalue weighted by atomic mass is 79.9. The summed E-state index contributed by atoms with van der Waals surface area (Å²) in [6.45, 7) is 0.616. The molecule has 0 heterocycles. The molecule has 0 aliphatic rings. The lowest BCUT2D eigenvalue weighted by molar-refractivity contribution is -0.116. The van der Waals surface area contributed by atoms with Gasteiger partial charge in [0.1, 0.15) is 0 Å². The quantitative estimate of drug-likeness (QED) is 0.872. The molecule has 0 radical (unpaired) electrons. The Morgan fingerprint density at radius 2 is 2.06 bits per heavy atom. The molecule has 6 heteroatoms. The summed E-state index contributed by atoms with van der Waals surface area (Å²) in [5.41, 5.74) is 0.386. The summed E-state index contributed by atoms with van der Waals surface area (Å²) >= 11 is 3.20. The van der Waals surface area contributed by atoms with Crippen LogP contribution in [0.25, 0.3) is 0 Å². The van der Waals surface area contributed by atoms with Crippen LogP contribution in [0, 0.1) is 0 Å². The van der Waals surface area contributed by atoms with Crippen LogP contribution in [0.15, 0.2) is 22.7 Å². The molecule has 1 aromatic carbocycles. The maximum absolute atomic E-state index is 11.6. The minimum absolute atomic E-state index is 0.0718. The van der Waals surface area contributed by atoms with E-state index in [1.54, 1.807) is 12.1 Å². The number of aromatic carboxylic acids is 1. The van der Waals surface area contributed by atoms with E-state index in [0.29, 0.717) is 23.1 Å².